The molecule has 0 bridgehead atoms. The fourth-order valence-corrected chi connectivity index (χ4v) is 2.20. The average molecular weight is 310 g/mol. The Hall–Kier alpha value is -2.01. The number of amides is 1. The summed E-state index contributed by atoms with van der Waals surface area (Å²) in [7, 11) is 0. The van der Waals surface area contributed by atoms with Crippen molar-refractivity contribution in [2.75, 3.05) is 13.1 Å². The first-order valence-electron chi connectivity index (χ1n) is 6.44. The van der Waals surface area contributed by atoms with Crippen LogP contribution in [0.25, 0.3) is 0 Å². The van der Waals surface area contributed by atoms with Crippen molar-refractivity contribution in [3.63, 3.8) is 0 Å². The Morgan fingerprint density at radius 2 is 1.86 bits per heavy atom. The zero-order valence-electron chi connectivity index (χ0n) is 11.8. The van der Waals surface area contributed by atoms with Gasteiger partial charge in [-0.25, -0.2) is 4.79 Å². The summed E-state index contributed by atoms with van der Waals surface area (Å²) < 4.78 is 5.71. The Balaban J connectivity index is 1.98. The number of hydrogen-bond donors (Lipinski definition) is 1. The highest BCUT2D eigenvalue weighted by molar-refractivity contribution is 6.30. The molecule has 21 heavy (non-hydrogen) atoms. The van der Waals surface area contributed by atoms with E-state index in [2.05, 4.69) is 0 Å². The van der Waals surface area contributed by atoms with Crippen LogP contribution in [0.1, 0.15) is 13.8 Å². The molecule has 5 nitrogen and oxygen atoms in total. The number of carbonyl (C=O) groups is 2. The molecule has 1 aromatic carbocycles. The second-order valence-corrected chi connectivity index (χ2v) is 5.80. The molecule has 0 spiro atoms. The number of carboxylic acids is 1. The van der Waals surface area contributed by atoms with Crippen LogP contribution in [-0.2, 0) is 9.59 Å². The van der Waals surface area contributed by atoms with Crippen molar-refractivity contribution in [2.45, 2.75) is 19.4 Å². The average Bonchev–Trinajstić information content (AvgIpc) is 2.35. The van der Waals surface area contributed by atoms with E-state index in [9.17, 15) is 9.59 Å². The van der Waals surface area contributed by atoms with E-state index in [1.54, 1.807) is 43.0 Å². The van der Waals surface area contributed by atoms with E-state index in [0.717, 1.165) is 11.6 Å². The summed E-state index contributed by atoms with van der Waals surface area (Å²) in [5, 5.41) is 9.23. The van der Waals surface area contributed by atoms with Crippen molar-refractivity contribution in [2.24, 2.45) is 0 Å². The Morgan fingerprint density at radius 3 is 2.38 bits per heavy atom. The van der Waals surface area contributed by atoms with Gasteiger partial charge in [0.1, 0.15) is 5.75 Å². The van der Waals surface area contributed by atoms with Crippen LogP contribution < -0.4 is 4.74 Å². The molecule has 0 radical (unpaired) electrons. The van der Waals surface area contributed by atoms with Crippen LogP contribution in [0.3, 0.4) is 0 Å². The molecule has 1 amide bonds. The van der Waals surface area contributed by atoms with Crippen molar-refractivity contribution in [3.05, 3.63) is 40.9 Å². The van der Waals surface area contributed by atoms with Gasteiger partial charge < -0.3 is 14.7 Å². The second kappa shape index (κ2) is 5.77. The molecule has 0 saturated carbocycles. The molecule has 112 valence electrons. The zero-order valence-corrected chi connectivity index (χ0v) is 12.6. The molecule has 1 heterocycles. The van der Waals surface area contributed by atoms with Crippen molar-refractivity contribution in [1.82, 2.24) is 4.90 Å². The zero-order chi connectivity index (χ0) is 15.6. The fraction of sp³-hybridized carbons (Fsp3) is 0.333. The first-order chi connectivity index (χ1) is 9.78. The van der Waals surface area contributed by atoms with Crippen molar-refractivity contribution in [3.8, 4) is 5.75 Å². The predicted molar refractivity (Wildman–Crippen MR) is 78.5 cm³/mol. The predicted octanol–water partition coefficient (Wildman–Crippen LogP) is 2.35. The van der Waals surface area contributed by atoms with Gasteiger partial charge in [0, 0.05) is 24.2 Å². The van der Waals surface area contributed by atoms with Crippen LogP contribution >= 0.6 is 11.6 Å². The van der Waals surface area contributed by atoms with Gasteiger partial charge in [0.15, 0.2) is 5.60 Å². The number of likely N-dealkylation sites (tertiary alicyclic amines) is 1. The minimum atomic E-state index is -1.03. The van der Waals surface area contributed by atoms with E-state index >= 15 is 0 Å². The third-order valence-electron chi connectivity index (χ3n) is 3.10. The third-order valence-corrected chi connectivity index (χ3v) is 3.36. The Labute approximate surface area is 127 Å². The first-order valence-corrected chi connectivity index (χ1v) is 6.82. The SMILES string of the molecule is CC(C)(Oc1ccc(Cl)cc1)C(=O)N1CC(=CC(=O)O)C1. The summed E-state index contributed by atoms with van der Waals surface area (Å²) >= 11 is 5.80. The van der Waals surface area contributed by atoms with E-state index in [1.807, 2.05) is 0 Å². The molecule has 0 aliphatic carbocycles. The van der Waals surface area contributed by atoms with Gasteiger partial charge in [-0.05, 0) is 43.7 Å². The minimum Gasteiger partial charge on any atom is -0.478 e. The minimum absolute atomic E-state index is 0.181. The molecule has 0 unspecified atom stereocenters. The maximum Gasteiger partial charge on any atom is 0.328 e. The molecular weight excluding hydrogens is 294 g/mol. The molecule has 1 aliphatic rings. The van der Waals surface area contributed by atoms with E-state index in [4.69, 9.17) is 21.4 Å². The highest BCUT2D eigenvalue weighted by Crippen LogP contribution is 2.25. The molecule has 1 fully saturated rings. The molecule has 1 saturated heterocycles. The monoisotopic (exact) mass is 309 g/mol. The molecule has 1 aliphatic heterocycles. The van der Waals surface area contributed by atoms with Gasteiger partial charge in [0.05, 0.1) is 0 Å². The molecule has 1 aromatic rings. The number of hydrogen-bond acceptors (Lipinski definition) is 3. The van der Waals surface area contributed by atoms with Gasteiger partial charge >= 0.3 is 5.97 Å². The molecule has 2 rings (SSSR count). The highest BCUT2D eigenvalue weighted by Gasteiger charge is 2.38. The van der Waals surface area contributed by atoms with Gasteiger partial charge in [0.2, 0.25) is 0 Å². The molecule has 6 heteroatoms. The largest absolute Gasteiger partial charge is 0.478 e. The number of nitrogens with zero attached hydrogens (tertiary/aromatic N) is 1. The molecule has 0 atom stereocenters. The van der Waals surface area contributed by atoms with Crippen LogP contribution in [0.2, 0.25) is 5.02 Å². The quantitative estimate of drug-likeness (QED) is 0.867. The maximum atomic E-state index is 12.3. The van der Waals surface area contributed by atoms with Crippen LogP contribution in [-0.4, -0.2) is 40.6 Å². The third kappa shape index (κ3) is 3.76. The van der Waals surface area contributed by atoms with Crippen molar-refractivity contribution in [1.29, 1.82) is 0 Å². The van der Waals surface area contributed by atoms with E-state index in [0.29, 0.717) is 23.9 Å². The smallest absolute Gasteiger partial charge is 0.328 e. The summed E-state index contributed by atoms with van der Waals surface area (Å²) in [4.78, 5) is 24.4. The first kappa shape index (κ1) is 15.4. The Bertz CT molecular complexity index is 584. The van der Waals surface area contributed by atoms with Crippen LogP contribution in [0.4, 0.5) is 0 Å². The summed E-state index contributed by atoms with van der Waals surface area (Å²) in [6.45, 7) is 4.03. The number of benzene rings is 1. The molecule has 0 aromatic heterocycles. The number of carbonyl (C=O) groups excluding carboxylic acids is 1. The number of aliphatic carboxylic acids is 1. The van der Waals surface area contributed by atoms with E-state index in [-0.39, 0.29) is 5.91 Å². The molecular formula is C15H16ClNO4. The van der Waals surface area contributed by atoms with Crippen LogP contribution in [0, 0.1) is 0 Å². The number of rotatable bonds is 4. The fourth-order valence-electron chi connectivity index (χ4n) is 2.08. The number of carboxylic acid groups (broad SMARTS) is 1. The summed E-state index contributed by atoms with van der Waals surface area (Å²) in [5.41, 5.74) is -0.305. The van der Waals surface area contributed by atoms with Crippen LogP contribution in [0.15, 0.2) is 35.9 Å². The van der Waals surface area contributed by atoms with Gasteiger partial charge in [-0.1, -0.05) is 11.6 Å². The second-order valence-electron chi connectivity index (χ2n) is 5.37. The van der Waals surface area contributed by atoms with Gasteiger partial charge in [-0.15, -0.1) is 0 Å². The lowest BCUT2D eigenvalue weighted by Gasteiger charge is -2.39. The van der Waals surface area contributed by atoms with Gasteiger partial charge in [-0.2, -0.15) is 0 Å². The van der Waals surface area contributed by atoms with Crippen LogP contribution in [0.5, 0.6) is 5.75 Å². The van der Waals surface area contributed by atoms with Gasteiger partial charge in [0.25, 0.3) is 5.91 Å². The van der Waals surface area contributed by atoms with E-state index < -0.39 is 11.6 Å². The normalized spacial score (nSPS) is 14.4. The van der Waals surface area contributed by atoms with Crippen molar-refractivity contribution >= 4 is 23.5 Å². The lowest BCUT2D eigenvalue weighted by molar-refractivity contribution is -0.147. The number of halogens is 1. The lowest BCUT2D eigenvalue weighted by Crippen LogP contribution is -2.55. The Kier molecular flexibility index (Phi) is 4.23. The van der Waals surface area contributed by atoms with Gasteiger partial charge in [-0.3, -0.25) is 4.79 Å². The number of ether oxygens (including phenoxy) is 1. The summed E-state index contributed by atoms with van der Waals surface area (Å²) in [5.74, 6) is -0.617. The molecule has 1 N–H and O–H groups in total. The summed E-state index contributed by atoms with van der Waals surface area (Å²) in [6, 6.07) is 6.77. The van der Waals surface area contributed by atoms with Crippen molar-refractivity contribution < 1.29 is 19.4 Å². The maximum absolute atomic E-state index is 12.3. The Morgan fingerprint density at radius 1 is 1.29 bits per heavy atom. The topological polar surface area (TPSA) is 66.8 Å². The highest BCUT2D eigenvalue weighted by atomic mass is 35.5. The summed E-state index contributed by atoms with van der Waals surface area (Å²) in [6.07, 6.45) is 1.14. The van der Waals surface area contributed by atoms with E-state index in [1.165, 1.54) is 0 Å². The lowest BCUT2D eigenvalue weighted by atomic mass is 10.0. The standard InChI is InChI=1S/C15H16ClNO4/c1-15(2,21-12-5-3-11(16)4-6-12)14(20)17-8-10(9-17)7-13(18)19/h3-7H,8-9H2,1-2H3,(H,18,19).